The minimum absolute atomic E-state index is 0.0804. The average molecular weight is 233 g/mol. The van der Waals surface area contributed by atoms with Crippen molar-refractivity contribution in [1.82, 2.24) is 4.90 Å². The second-order valence-corrected chi connectivity index (χ2v) is 4.95. The van der Waals surface area contributed by atoms with Crippen LogP contribution in [0.3, 0.4) is 0 Å². The summed E-state index contributed by atoms with van der Waals surface area (Å²) in [7, 11) is 0. The van der Waals surface area contributed by atoms with Crippen LogP contribution in [0.5, 0.6) is 0 Å². The molecule has 0 bridgehead atoms. The monoisotopic (exact) mass is 233 g/mol. The molecule has 15 heavy (non-hydrogen) atoms. The smallest absolute Gasteiger partial charge is 0.313 e. The molecule has 1 atom stereocenters. The predicted molar refractivity (Wildman–Crippen MR) is 61.3 cm³/mol. The quantitative estimate of drug-likeness (QED) is 0.705. The number of nitrogens with zero attached hydrogens (tertiary/aromatic N) is 1. The van der Waals surface area contributed by atoms with Gasteiger partial charge in [-0.25, -0.2) is 0 Å². The van der Waals surface area contributed by atoms with Crippen LogP contribution < -0.4 is 0 Å². The first-order chi connectivity index (χ1) is 7.18. The van der Waals surface area contributed by atoms with Crippen molar-refractivity contribution < 1.29 is 15.0 Å². The highest BCUT2D eigenvalue weighted by molar-refractivity contribution is 7.99. The molecule has 1 saturated heterocycles. The molecule has 0 aliphatic carbocycles. The maximum Gasteiger partial charge on any atom is 0.313 e. The Labute approximate surface area is 94.7 Å². The van der Waals surface area contributed by atoms with Crippen molar-refractivity contribution in [3.63, 3.8) is 0 Å². The molecular weight excluding hydrogens is 214 g/mol. The molecule has 0 radical (unpaired) electrons. The van der Waals surface area contributed by atoms with E-state index in [4.69, 9.17) is 5.11 Å². The lowest BCUT2D eigenvalue weighted by Gasteiger charge is -2.28. The molecule has 1 heterocycles. The van der Waals surface area contributed by atoms with Crippen molar-refractivity contribution in [2.75, 3.05) is 31.1 Å². The van der Waals surface area contributed by atoms with E-state index in [-0.39, 0.29) is 5.75 Å². The van der Waals surface area contributed by atoms with Gasteiger partial charge in [-0.3, -0.25) is 4.79 Å². The van der Waals surface area contributed by atoms with Gasteiger partial charge >= 0.3 is 5.97 Å². The number of carbonyl (C=O) groups is 1. The number of aliphatic hydroxyl groups is 1. The van der Waals surface area contributed by atoms with Gasteiger partial charge in [0.1, 0.15) is 0 Å². The summed E-state index contributed by atoms with van der Waals surface area (Å²) in [6.07, 6.45) is 3.33. The van der Waals surface area contributed by atoms with Gasteiger partial charge in [0.05, 0.1) is 11.9 Å². The van der Waals surface area contributed by atoms with Gasteiger partial charge in [0, 0.05) is 12.3 Å². The molecule has 4 nitrogen and oxygen atoms in total. The molecule has 1 aliphatic heterocycles. The number of aliphatic carboxylic acids is 1. The van der Waals surface area contributed by atoms with E-state index in [0.717, 1.165) is 13.1 Å². The molecule has 88 valence electrons. The Bertz CT molecular complexity index is 195. The first-order valence-corrected chi connectivity index (χ1v) is 6.54. The first-order valence-electron chi connectivity index (χ1n) is 5.38. The Morgan fingerprint density at radius 3 is 2.60 bits per heavy atom. The van der Waals surface area contributed by atoms with Gasteiger partial charge in [-0.2, -0.15) is 0 Å². The van der Waals surface area contributed by atoms with Crippen molar-refractivity contribution in [2.45, 2.75) is 25.4 Å². The number of likely N-dealkylation sites (tertiary alicyclic amines) is 1. The van der Waals surface area contributed by atoms with E-state index in [1.54, 1.807) is 0 Å². The zero-order chi connectivity index (χ0) is 11.1. The maximum absolute atomic E-state index is 10.3. The van der Waals surface area contributed by atoms with Crippen LogP contribution in [0.1, 0.15) is 19.3 Å². The molecule has 5 heteroatoms. The van der Waals surface area contributed by atoms with Gasteiger partial charge in [-0.1, -0.05) is 6.42 Å². The molecule has 1 unspecified atom stereocenters. The summed E-state index contributed by atoms with van der Waals surface area (Å²) in [6.45, 7) is 2.83. The topological polar surface area (TPSA) is 60.8 Å². The number of piperidine rings is 1. The summed E-state index contributed by atoms with van der Waals surface area (Å²) in [4.78, 5) is 12.5. The highest BCUT2D eigenvalue weighted by atomic mass is 32.2. The van der Waals surface area contributed by atoms with E-state index in [9.17, 15) is 9.90 Å². The summed E-state index contributed by atoms with van der Waals surface area (Å²) >= 11 is 1.28. The van der Waals surface area contributed by atoms with Crippen molar-refractivity contribution in [3.05, 3.63) is 0 Å². The van der Waals surface area contributed by atoms with Gasteiger partial charge in [0.15, 0.2) is 0 Å². The van der Waals surface area contributed by atoms with Gasteiger partial charge in [-0.15, -0.1) is 11.8 Å². The lowest BCUT2D eigenvalue weighted by molar-refractivity contribution is -0.133. The average Bonchev–Trinajstić information content (AvgIpc) is 2.18. The fourth-order valence-electron chi connectivity index (χ4n) is 1.77. The van der Waals surface area contributed by atoms with Crippen LogP contribution >= 0.6 is 11.8 Å². The number of carboxylic acid groups (broad SMARTS) is 1. The van der Waals surface area contributed by atoms with Crippen LogP contribution in [0, 0.1) is 0 Å². The second kappa shape index (κ2) is 7.09. The molecular formula is C10H19NO3S. The second-order valence-electron chi connectivity index (χ2n) is 3.92. The van der Waals surface area contributed by atoms with Gasteiger partial charge in [0.25, 0.3) is 0 Å². The SMILES string of the molecule is O=C(O)CSCC(O)CN1CCCCC1. The van der Waals surface area contributed by atoms with Gasteiger partial charge in [-0.05, 0) is 25.9 Å². The molecule has 0 amide bonds. The maximum atomic E-state index is 10.3. The predicted octanol–water partition coefficient (Wildman–Crippen LogP) is 0.651. The normalized spacial score (nSPS) is 20.1. The standard InChI is InChI=1S/C10H19NO3S/c12-9(7-15-8-10(13)14)6-11-4-2-1-3-5-11/h9,12H,1-8H2,(H,13,14). The van der Waals surface area contributed by atoms with Gasteiger partial charge in [0.2, 0.25) is 0 Å². The molecule has 0 saturated carbocycles. The van der Waals surface area contributed by atoms with E-state index in [0.29, 0.717) is 12.3 Å². The third kappa shape index (κ3) is 6.02. The lowest BCUT2D eigenvalue weighted by Crippen LogP contribution is -2.37. The number of thioether (sulfide) groups is 1. The number of carboxylic acids is 1. The summed E-state index contributed by atoms with van der Waals surface area (Å²) in [6, 6.07) is 0. The van der Waals surface area contributed by atoms with E-state index in [1.165, 1.54) is 31.0 Å². The molecule has 0 aromatic heterocycles. The van der Waals surface area contributed by atoms with Crippen molar-refractivity contribution in [2.24, 2.45) is 0 Å². The number of hydrogen-bond acceptors (Lipinski definition) is 4. The zero-order valence-corrected chi connectivity index (χ0v) is 9.71. The Hall–Kier alpha value is -0.260. The van der Waals surface area contributed by atoms with Crippen LogP contribution in [0.15, 0.2) is 0 Å². The van der Waals surface area contributed by atoms with E-state index in [1.807, 2.05) is 0 Å². The van der Waals surface area contributed by atoms with Crippen LogP contribution in [-0.4, -0.2) is 58.3 Å². The highest BCUT2D eigenvalue weighted by Crippen LogP contribution is 2.10. The lowest BCUT2D eigenvalue weighted by atomic mass is 10.1. The van der Waals surface area contributed by atoms with Crippen LogP contribution in [0.4, 0.5) is 0 Å². The molecule has 2 N–H and O–H groups in total. The Balaban J connectivity index is 2.06. The Morgan fingerprint density at radius 2 is 2.00 bits per heavy atom. The van der Waals surface area contributed by atoms with Crippen molar-refractivity contribution in [3.8, 4) is 0 Å². The van der Waals surface area contributed by atoms with E-state index in [2.05, 4.69) is 4.90 Å². The van der Waals surface area contributed by atoms with Gasteiger partial charge < -0.3 is 15.1 Å². The molecule has 1 aliphatic rings. The highest BCUT2D eigenvalue weighted by Gasteiger charge is 2.14. The largest absolute Gasteiger partial charge is 0.481 e. The Morgan fingerprint density at radius 1 is 1.33 bits per heavy atom. The van der Waals surface area contributed by atoms with Crippen LogP contribution in [0.25, 0.3) is 0 Å². The Kier molecular flexibility index (Phi) is 6.05. The summed E-state index contributed by atoms with van der Waals surface area (Å²) in [5, 5.41) is 18.1. The number of rotatable bonds is 6. The molecule has 0 aromatic carbocycles. The minimum Gasteiger partial charge on any atom is -0.481 e. The third-order valence-corrected chi connectivity index (χ3v) is 3.52. The molecule has 0 spiro atoms. The summed E-state index contributed by atoms with van der Waals surface area (Å²) < 4.78 is 0. The minimum atomic E-state index is -0.815. The number of β-amino-alcohol motifs (C(OH)–C–C–N with tert-alkyl or cyclic N) is 1. The molecule has 1 fully saturated rings. The fraction of sp³-hybridized carbons (Fsp3) is 0.900. The van der Waals surface area contributed by atoms with Crippen LogP contribution in [-0.2, 0) is 4.79 Å². The molecule has 0 aromatic rings. The summed E-state index contributed by atoms with van der Waals surface area (Å²) in [5.41, 5.74) is 0. The number of aliphatic hydroxyl groups excluding tert-OH is 1. The van der Waals surface area contributed by atoms with Crippen molar-refractivity contribution >= 4 is 17.7 Å². The third-order valence-electron chi connectivity index (χ3n) is 2.45. The van der Waals surface area contributed by atoms with E-state index >= 15 is 0 Å². The zero-order valence-electron chi connectivity index (χ0n) is 8.89. The summed E-state index contributed by atoms with van der Waals surface area (Å²) in [5.74, 6) is -0.218. The molecule has 1 rings (SSSR count). The first kappa shape index (κ1) is 12.8. The van der Waals surface area contributed by atoms with E-state index < -0.39 is 12.1 Å². The fourth-order valence-corrected chi connectivity index (χ4v) is 2.44. The number of hydrogen-bond donors (Lipinski definition) is 2. The van der Waals surface area contributed by atoms with Crippen molar-refractivity contribution in [1.29, 1.82) is 0 Å². The van der Waals surface area contributed by atoms with Crippen LogP contribution in [0.2, 0.25) is 0 Å².